The van der Waals surface area contributed by atoms with Crippen molar-refractivity contribution in [2.75, 3.05) is 6.61 Å². The molecule has 11 heteroatoms. The summed E-state index contributed by atoms with van der Waals surface area (Å²) >= 11 is 0. The Kier molecular flexibility index (Phi) is 8.15. The molecule has 0 spiro atoms. The first-order valence-corrected chi connectivity index (χ1v) is 9.88. The molecule has 0 atom stereocenters. The Morgan fingerprint density at radius 3 is 2.44 bits per heavy atom. The summed E-state index contributed by atoms with van der Waals surface area (Å²) in [5, 5.41) is 11.3. The number of esters is 1. The molecule has 152 valence electrons. The Bertz CT molecular complexity index is 807. The summed E-state index contributed by atoms with van der Waals surface area (Å²) in [7, 11) is -4.02. The number of hydrogen-bond donors (Lipinski definition) is 2. The second-order valence-electron chi connectivity index (χ2n) is 6.33. The number of nitrogens with zero attached hydrogens (tertiary/aromatic N) is 1. The van der Waals surface area contributed by atoms with Crippen LogP contribution in [-0.4, -0.2) is 38.0 Å². The van der Waals surface area contributed by atoms with Gasteiger partial charge in [-0.25, -0.2) is 17.9 Å². The zero-order valence-corrected chi connectivity index (χ0v) is 16.8. The maximum Gasteiger partial charge on any atom is 0.338 e. The summed E-state index contributed by atoms with van der Waals surface area (Å²) in [6.07, 6.45) is 2.60. The number of sulfonamides is 1. The van der Waals surface area contributed by atoms with Crippen LogP contribution in [0.5, 0.6) is 0 Å². The van der Waals surface area contributed by atoms with Crippen LogP contribution >= 0.6 is 12.4 Å². The van der Waals surface area contributed by atoms with Crippen LogP contribution in [0.2, 0.25) is 0 Å². The van der Waals surface area contributed by atoms with E-state index in [0.717, 1.165) is 12.1 Å². The van der Waals surface area contributed by atoms with E-state index in [4.69, 9.17) is 10.5 Å². The molecule has 3 N–H and O–H groups in total. The number of halogens is 1. The molecular weight excluding hydrogens is 398 g/mol. The molecule has 0 aliphatic heterocycles. The molecule has 1 aliphatic carbocycles. The van der Waals surface area contributed by atoms with Crippen LogP contribution in [0, 0.1) is 17.0 Å². The standard InChI is InChI=1S/C16H23N3O6S.ClH/c1-3-25-16(20)14-8-13(9-15(10(14)2)19(21)22)26(23,24)18-12-6-4-11(17)5-7-12;/h8-9,11-12,18H,3-7,17H2,1-2H3;1H. The Morgan fingerprint density at radius 2 is 1.93 bits per heavy atom. The third-order valence-corrected chi connectivity index (χ3v) is 5.95. The van der Waals surface area contributed by atoms with Gasteiger partial charge < -0.3 is 10.5 Å². The van der Waals surface area contributed by atoms with Crippen LogP contribution in [0.4, 0.5) is 5.69 Å². The smallest absolute Gasteiger partial charge is 0.338 e. The highest BCUT2D eigenvalue weighted by Crippen LogP contribution is 2.28. The maximum absolute atomic E-state index is 12.7. The van der Waals surface area contributed by atoms with Gasteiger partial charge in [0.15, 0.2) is 0 Å². The molecule has 1 aliphatic rings. The fourth-order valence-electron chi connectivity index (χ4n) is 2.96. The number of nitrogens with one attached hydrogen (secondary N) is 1. The first-order valence-electron chi connectivity index (χ1n) is 8.39. The average molecular weight is 422 g/mol. The first-order chi connectivity index (χ1) is 12.2. The molecule has 0 unspecified atom stereocenters. The monoisotopic (exact) mass is 421 g/mol. The molecule has 0 bridgehead atoms. The van der Waals surface area contributed by atoms with Gasteiger partial charge >= 0.3 is 5.97 Å². The fraction of sp³-hybridized carbons (Fsp3) is 0.562. The molecular formula is C16H24ClN3O6S. The van der Waals surface area contributed by atoms with Crippen molar-refractivity contribution in [3.8, 4) is 0 Å². The number of ether oxygens (including phenoxy) is 1. The van der Waals surface area contributed by atoms with Crippen molar-refractivity contribution in [1.29, 1.82) is 0 Å². The van der Waals surface area contributed by atoms with Gasteiger partial charge in [-0.3, -0.25) is 10.1 Å². The van der Waals surface area contributed by atoms with Gasteiger partial charge in [-0.05, 0) is 45.6 Å². The number of hydrogen-bond acceptors (Lipinski definition) is 7. The van der Waals surface area contributed by atoms with Crippen LogP contribution < -0.4 is 10.5 Å². The molecule has 0 amide bonds. The van der Waals surface area contributed by atoms with Crippen LogP contribution in [0.25, 0.3) is 0 Å². The largest absolute Gasteiger partial charge is 0.462 e. The average Bonchev–Trinajstić information content (AvgIpc) is 2.56. The number of nitrogens with two attached hydrogens (primary N) is 1. The van der Waals surface area contributed by atoms with Gasteiger partial charge in [0, 0.05) is 23.7 Å². The van der Waals surface area contributed by atoms with Crippen LogP contribution in [0.1, 0.15) is 48.5 Å². The molecule has 1 aromatic carbocycles. The number of nitro groups is 1. The van der Waals surface area contributed by atoms with Gasteiger partial charge in [-0.2, -0.15) is 0 Å². The lowest BCUT2D eigenvalue weighted by Crippen LogP contribution is -2.40. The maximum atomic E-state index is 12.7. The van der Waals surface area contributed by atoms with Crippen molar-refractivity contribution in [1.82, 2.24) is 4.72 Å². The predicted octanol–water partition coefficient (Wildman–Crippen LogP) is 2.05. The highest BCUT2D eigenvalue weighted by Gasteiger charge is 2.29. The molecule has 2 rings (SSSR count). The topological polar surface area (TPSA) is 142 Å². The quantitative estimate of drug-likeness (QED) is 0.406. The van der Waals surface area contributed by atoms with E-state index in [9.17, 15) is 23.3 Å². The van der Waals surface area contributed by atoms with E-state index in [0.29, 0.717) is 25.7 Å². The van der Waals surface area contributed by atoms with Crippen molar-refractivity contribution >= 4 is 34.1 Å². The van der Waals surface area contributed by atoms with Gasteiger partial charge in [0.2, 0.25) is 10.0 Å². The third kappa shape index (κ3) is 5.61. The minimum absolute atomic E-state index is 0. The summed E-state index contributed by atoms with van der Waals surface area (Å²) in [4.78, 5) is 22.3. The highest BCUT2D eigenvalue weighted by molar-refractivity contribution is 7.89. The Labute approximate surface area is 164 Å². The first kappa shape index (κ1) is 23.3. The van der Waals surface area contributed by atoms with Crippen LogP contribution in [-0.2, 0) is 14.8 Å². The van der Waals surface area contributed by atoms with Crippen molar-refractivity contribution in [3.63, 3.8) is 0 Å². The summed E-state index contributed by atoms with van der Waals surface area (Å²) in [5.74, 6) is -0.797. The summed E-state index contributed by atoms with van der Waals surface area (Å²) in [6.45, 7) is 3.05. The lowest BCUT2D eigenvalue weighted by Gasteiger charge is -2.26. The number of carbonyl (C=O) groups excluding carboxylic acids is 1. The van der Waals surface area contributed by atoms with Crippen molar-refractivity contribution in [2.24, 2.45) is 5.73 Å². The zero-order valence-electron chi connectivity index (χ0n) is 15.1. The molecule has 1 fully saturated rings. The number of carbonyl (C=O) groups is 1. The molecule has 27 heavy (non-hydrogen) atoms. The lowest BCUT2D eigenvalue weighted by molar-refractivity contribution is -0.385. The van der Waals surface area contributed by atoms with Crippen molar-refractivity contribution < 1.29 is 22.9 Å². The Hall–Kier alpha value is -1.75. The third-order valence-electron chi connectivity index (χ3n) is 4.45. The second-order valence-corrected chi connectivity index (χ2v) is 8.04. The molecule has 1 saturated carbocycles. The molecule has 0 aromatic heterocycles. The second kappa shape index (κ2) is 9.45. The van der Waals surface area contributed by atoms with E-state index >= 15 is 0 Å². The van der Waals surface area contributed by atoms with Gasteiger partial charge in [0.1, 0.15) is 0 Å². The molecule has 0 radical (unpaired) electrons. The van der Waals surface area contributed by atoms with E-state index in [1.165, 1.54) is 6.92 Å². The highest BCUT2D eigenvalue weighted by atomic mass is 35.5. The lowest BCUT2D eigenvalue weighted by atomic mass is 9.93. The predicted molar refractivity (Wildman–Crippen MR) is 102 cm³/mol. The van der Waals surface area contributed by atoms with Crippen molar-refractivity contribution in [2.45, 2.75) is 56.5 Å². The fourth-order valence-corrected chi connectivity index (χ4v) is 4.31. The van der Waals surface area contributed by atoms with Gasteiger partial charge in [-0.15, -0.1) is 12.4 Å². The van der Waals surface area contributed by atoms with E-state index in [-0.39, 0.29) is 47.1 Å². The van der Waals surface area contributed by atoms with Gasteiger partial charge in [0.05, 0.1) is 22.0 Å². The minimum atomic E-state index is -4.02. The number of nitro benzene ring substituents is 1. The summed E-state index contributed by atoms with van der Waals surface area (Å²) < 4.78 is 32.8. The van der Waals surface area contributed by atoms with Gasteiger partial charge in [-0.1, -0.05) is 0 Å². The van der Waals surface area contributed by atoms with Crippen LogP contribution in [0.15, 0.2) is 17.0 Å². The molecule has 1 aromatic rings. The van der Waals surface area contributed by atoms with E-state index < -0.39 is 26.6 Å². The molecule has 9 nitrogen and oxygen atoms in total. The normalized spacial score (nSPS) is 19.8. The minimum Gasteiger partial charge on any atom is -0.462 e. The van der Waals surface area contributed by atoms with E-state index in [2.05, 4.69) is 4.72 Å². The summed E-state index contributed by atoms with van der Waals surface area (Å²) in [5.41, 5.74) is 5.31. The molecule has 0 heterocycles. The SMILES string of the molecule is CCOC(=O)c1cc(S(=O)(=O)NC2CCC(N)CC2)cc([N+](=O)[O-])c1C.Cl. The van der Waals surface area contributed by atoms with Crippen molar-refractivity contribution in [3.05, 3.63) is 33.4 Å². The zero-order chi connectivity index (χ0) is 19.5. The summed E-state index contributed by atoms with van der Waals surface area (Å²) in [6, 6.07) is 1.87. The van der Waals surface area contributed by atoms with Gasteiger partial charge in [0.25, 0.3) is 5.69 Å². The number of benzene rings is 1. The Balaban J connectivity index is 0.00000364. The van der Waals surface area contributed by atoms with Crippen LogP contribution in [0.3, 0.4) is 0 Å². The number of rotatable bonds is 6. The Morgan fingerprint density at radius 1 is 1.33 bits per heavy atom. The van der Waals surface area contributed by atoms with E-state index in [1.54, 1.807) is 6.92 Å². The molecule has 0 saturated heterocycles. The van der Waals surface area contributed by atoms with E-state index in [1.807, 2.05) is 0 Å².